The third-order valence-corrected chi connectivity index (χ3v) is 3.40. The second-order valence-electron chi connectivity index (χ2n) is 3.96. The first-order valence-corrected chi connectivity index (χ1v) is 6.26. The molecule has 1 fully saturated rings. The zero-order valence-corrected chi connectivity index (χ0v) is 10.8. The van der Waals surface area contributed by atoms with Gasteiger partial charge in [-0.15, -0.1) is 0 Å². The van der Waals surface area contributed by atoms with E-state index in [1.807, 2.05) is 0 Å². The lowest BCUT2D eigenvalue weighted by Gasteiger charge is -2.03. The summed E-state index contributed by atoms with van der Waals surface area (Å²) in [7, 11) is 0. The minimum absolute atomic E-state index is 0.0218. The van der Waals surface area contributed by atoms with Crippen LogP contribution in [0, 0.1) is 5.92 Å². The van der Waals surface area contributed by atoms with Crippen LogP contribution >= 0.6 is 27.5 Å². The van der Waals surface area contributed by atoms with Gasteiger partial charge in [-0.2, -0.15) is 0 Å². The molecule has 4 heteroatoms. The Morgan fingerprint density at radius 2 is 2.06 bits per heavy atom. The fourth-order valence-corrected chi connectivity index (χ4v) is 2.30. The lowest BCUT2D eigenvalue weighted by Crippen LogP contribution is -2.10. The van der Waals surface area contributed by atoms with Crippen molar-refractivity contribution in [1.82, 2.24) is 0 Å². The van der Waals surface area contributed by atoms with Gasteiger partial charge in [-0.3, -0.25) is 9.59 Å². The predicted octanol–water partition coefficient (Wildman–Crippen LogP) is 3.65. The van der Waals surface area contributed by atoms with Crippen molar-refractivity contribution in [2.24, 2.45) is 5.92 Å². The first-order valence-electron chi connectivity index (χ1n) is 5.09. The number of benzene rings is 1. The van der Waals surface area contributed by atoms with Crippen LogP contribution in [-0.4, -0.2) is 11.6 Å². The number of Topliss-reactive ketones (excluding diaryl/α,β-unsaturated/α-hetero) is 2. The highest BCUT2D eigenvalue weighted by Crippen LogP contribution is 2.32. The highest BCUT2D eigenvalue weighted by atomic mass is 79.9. The van der Waals surface area contributed by atoms with E-state index in [1.54, 1.807) is 18.2 Å². The topological polar surface area (TPSA) is 34.1 Å². The molecule has 16 heavy (non-hydrogen) atoms. The van der Waals surface area contributed by atoms with Crippen molar-refractivity contribution >= 4 is 39.1 Å². The van der Waals surface area contributed by atoms with Crippen molar-refractivity contribution in [2.45, 2.75) is 19.3 Å². The lowest BCUT2D eigenvalue weighted by atomic mass is 10.0. The molecule has 1 saturated carbocycles. The van der Waals surface area contributed by atoms with Crippen molar-refractivity contribution < 1.29 is 9.59 Å². The molecule has 0 bridgehead atoms. The van der Waals surface area contributed by atoms with E-state index in [1.165, 1.54) is 0 Å². The van der Waals surface area contributed by atoms with Crippen LogP contribution in [-0.2, 0) is 4.79 Å². The van der Waals surface area contributed by atoms with Gasteiger partial charge >= 0.3 is 0 Å². The van der Waals surface area contributed by atoms with Gasteiger partial charge in [0.15, 0.2) is 5.78 Å². The lowest BCUT2D eigenvalue weighted by molar-refractivity contribution is -0.119. The maximum absolute atomic E-state index is 11.8. The van der Waals surface area contributed by atoms with E-state index < -0.39 is 0 Å². The smallest absolute Gasteiger partial charge is 0.171 e. The summed E-state index contributed by atoms with van der Waals surface area (Å²) in [6, 6.07) is 5.06. The molecule has 2 nitrogen and oxygen atoms in total. The van der Waals surface area contributed by atoms with Gasteiger partial charge in [0.1, 0.15) is 5.78 Å². The summed E-state index contributed by atoms with van der Waals surface area (Å²) in [5.74, 6) is -0.0171. The first kappa shape index (κ1) is 11.8. The largest absolute Gasteiger partial charge is 0.299 e. The fourth-order valence-electron chi connectivity index (χ4n) is 1.52. The number of rotatable bonds is 4. The highest BCUT2D eigenvalue weighted by Gasteiger charge is 2.31. The summed E-state index contributed by atoms with van der Waals surface area (Å²) in [4.78, 5) is 23.3. The van der Waals surface area contributed by atoms with Crippen LogP contribution < -0.4 is 0 Å². The van der Waals surface area contributed by atoms with Crippen LogP contribution in [0.25, 0.3) is 0 Å². The molecule has 2 rings (SSSR count). The van der Waals surface area contributed by atoms with Gasteiger partial charge in [0, 0.05) is 16.0 Å². The Kier molecular flexibility index (Phi) is 3.45. The van der Waals surface area contributed by atoms with Crippen LogP contribution in [0.1, 0.15) is 29.6 Å². The molecular weight excluding hydrogens is 291 g/mol. The first-order chi connectivity index (χ1) is 7.58. The van der Waals surface area contributed by atoms with Crippen LogP contribution in [0.2, 0.25) is 5.02 Å². The standard InChI is InChI=1S/C12H10BrClO2/c13-8-3-4-9(10(14)5-8)12(16)6-11(15)7-1-2-7/h3-5,7H,1-2,6H2. The summed E-state index contributed by atoms with van der Waals surface area (Å²) in [6.07, 6.45) is 1.84. The van der Waals surface area contributed by atoms with Crippen molar-refractivity contribution in [3.05, 3.63) is 33.3 Å². The Morgan fingerprint density at radius 3 is 2.62 bits per heavy atom. The average molecular weight is 302 g/mol. The maximum Gasteiger partial charge on any atom is 0.171 e. The minimum atomic E-state index is -0.186. The van der Waals surface area contributed by atoms with Crippen molar-refractivity contribution in [3.8, 4) is 0 Å². The SMILES string of the molecule is O=C(CC(=O)C1CC1)c1ccc(Br)cc1Cl. The van der Waals surface area contributed by atoms with E-state index >= 15 is 0 Å². The van der Waals surface area contributed by atoms with Crippen LogP contribution in [0.15, 0.2) is 22.7 Å². The highest BCUT2D eigenvalue weighted by molar-refractivity contribution is 9.10. The Bertz CT molecular complexity index is 452. The van der Waals surface area contributed by atoms with Crippen LogP contribution in [0.3, 0.4) is 0 Å². The molecule has 1 aromatic carbocycles. The number of hydrogen-bond donors (Lipinski definition) is 0. The van der Waals surface area contributed by atoms with E-state index in [0.717, 1.165) is 17.3 Å². The molecule has 1 aliphatic carbocycles. The summed E-state index contributed by atoms with van der Waals surface area (Å²) in [5, 5.41) is 0.392. The summed E-state index contributed by atoms with van der Waals surface area (Å²) in [5.41, 5.74) is 0.430. The molecule has 1 aliphatic rings. The molecular formula is C12H10BrClO2. The maximum atomic E-state index is 11.8. The summed E-state index contributed by atoms with van der Waals surface area (Å²) in [6.45, 7) is 0. The van der Waals surface area contributed by atoms with E-state index in [4.69, 9.17) is 11.6 Å². The molecule has 1 aromatic rings. The van der Waals surface area contributed by atoms with Crippen LogP contribution in [0.5, 0.6) is 0 Å². The normalized spacial score (nSPS) is 14.9. The van der Waals surface area contributed by atoms with Gasteiger partial charge in [0.2, 0.25) is 0 Å². The Balaban J connectivity index is 2.10. The number of carbonyl (C=O) groups excluding carboxylic acids is 2. The molecule has 0 atom stereocenters. The molecule has 0 N–H and O–H groups in total. The number of halogens is 2. The van der Waals surface area contributed by atoms with Gasteiger partial charge in [-0.1, -0.05) is 27.5 Å². The monoisotopic (exact) mass is 300 g/mol. The van der Waals surface area contributed by atoms with Gasteiger partial charge in [0.25, 0.3) is 0 Å². The molecule has 0 aromatic heterocycles. The molecule has 0 heterocycles. The molecule has 0 aliphatic heterocycles. The molecule has 84 valence electrons. The molecule has 0 spiro atoms. The van der Waals surface area contributed by atoms with Gasteiger partial charge in [-0.25, -0.2) is 0 Å². The quantitative estimate of drug-likeness (QED) is 0.628. The molecule has 0 unspecified atom stereocenters. The zero-order valence-electron chi connectivity index (χ0n) is 8.50. The van der Waals surface area contributed by atoms with Gasteiger partial charge < -0.3 is 0 Å². The summed E-state index contributed by atoms with van der Waals surface area (Å²) < 4.78 is 0.822. The van der Waals surface area contributed by atoms with Crippen molar-refractivity contribution in [3.63, 3.8) is 0 Å². The zero-order chi connectivity index (χ0) is 11.7. The second-order valence-corrected chi connectivity index (χ2v) is 5.29. The third-order valence-electron chi connectivity index (χ3n) is 2.60. The average Bonchev–Trinajstić information content (AvgIpc) is 2.99. The van der Waals surface area contributed by atoms with E-state index in [2.05, 4.69) is 15.9 Å². The van der Waals surface area contributed by atoms with E-state index in [0.29, 0.717) is 10.6 Å². The second kappa shape index (κ2) is 4.68. The Hall–Kier alpha value is -0.670. The summed E-state index contributed by atoms with van der Waals surface area (Å²) >= 11 is 9.21. The van der Waals surface area contributed by atoms with Gasteiger partial charge in [-0.05, 0) is 31.0 Å². The predicted molar refractivity (Wildman–Crippen MR) is 65.8 cm³/mol. The van der Waals surface area contributed by atoms with Crippen LogP contribution in [0.4, 0.5) is 0 Å². The van der Waals surface area contributed by atoms with E-state index in [9.17, 15) is 9.59 Å². The molecule has 0 saturated heterocycles. The number of carbonyl (C=O) groups is 2. The molecule has 0 amide bonds. The van der Waals surface area contributed by atoms with Crippen molar-refractivity contribution in [2.75, 3.05) is 0 Å². The fraction of sp³-hybridized carbons (Fsp3) is 0.333. The Morgan fingerprint density at radius 1 is 1.38 bits per heavy atom. The van der Waals surface area contributed by atoms with Gasteiger partial charge in [0.05, 0.1) is 11.4 Å². The number of hydrogen-bond acceptors (Lipinski definition) is 2. The van der Waals surface area contributed by atoms with E-state index in [-0.39, 0.29) is 23.9 Å². The third kappa shape index (κ3) is 2.71. The number of ketones is 2. The minimum Gasteiger partial charge on any atom is -0.299 e. The Labute approximate surface area is 107 Å². The van der Waals surface area contributed by atoms with Crippen molar-refractivity contribution in [1.29, 1.82) is 0 Å². The molecule has 0 radical (unpaired) electrons.